The second-order valence-corrected chi connectivity index (χ2v) is 17.4. The summed E-state index contributed by atoms with van der Waals surface area (Å²) in [4.78, 5) is 70.1. The fourth-order valence-corrected chi connectivity index (χ4v) is 7.87. The van der Waals surface area contributed by atoms with Gasteiger partial charge < -0.3 is 24.8 Å². The molecule has 0 spiro atoms. The lowest BCUT2D eigenvalue weighted by Crippen LogP contribution is -2.26. The summed E-state index contributed by atoms with van der Waals surface area (Å²) < 4.78 is 51.2. The molecular formula is C48H42N9O16S+. The van der Waals surface area contributed by atoms with E-state index in [-0.39, 0.29) is 24.4 Å². The van der Waals surface area contributed by atoms with Gasteiger partial charge in [0.2, 0.25) is 11.5 Å². The molecule has 74 heavy (non-hydrogen) atoms. The number of benzene rings is 5. The first-order valence-corrected chi connectivity index (χ1v) is 22.9. The largest absolute Gasteiger partial charge is 0.492 e. The van der Waals surface area contributed by atoms with Crippen LogP contribution in [0.5, 0.6) is 17.2 Å². The molecule has 0 saturated carbocycles. The number of carbonyl (C=O) groups excluding carboxylic acids is 2. The van der Waals surface area contributed by atoms with Gasteiger partial charge in [-0.25, -0.2) is 14.2 Å². The Morgan fingerprint density at radius 2 is 1.31 bits per heavy atom. The number of anilines is 1. The van der Waals surface area contributed by atoms with E-state index in [1.165, 1.54) is 18.2 Å². The smallest absolute Gasteiger partial charge is 0.423 e. The van der Waals surface area contributed by atoms with Gasteiger partial charge in [-0.2, -0.15) is 18.6 Å². The number of ether oxygens (including phenoxy) is 3. The molecular weight excluding hydrogens is 991 g/mol. The van der Waals surface area contributed by atoms with Gasteiger partial charge in [-0.3, -0.25) is 44.6 Å². The third kappa shape index (κ3) is 13.2. The number of allylic oxidation sites excluding steroid dienone is 7. The number of carbonyl (C=O) groups is 2. The minimum absolute atomic E-state index is 0.00358. The quantitative estimate of drug-likeness (QED) is 0.0120. The average molecular weight is 1030 g/mol. The zero-order valence-electron chi connectivity index (χ0n) is 39.4. The number of nitrogens with two attached hydrogens (primary N) is 1. The molecule has 6 rings (SSSR count). The van der Waals surface area contributed by atoms with Gasteiger partial charge in [0.15, 0.2) is 5.71 Å². The van der Waals surface area contributed by atoms with E-state index in [1.54, 1.807) is 30.3 Å². The summed E-state index contributed by atoms with van der Waals surface area (Å²) >= 11 is 0. The van der Waals surface area contributed by atoms with Crippen LogP contribution in [0.3, 0.4) is 0 Å². The SMILES string of the molecule is CN(C)c1ccc(C(C=Cc2ccc(N=Nc3ccc(OCCN)cc3)cc2S(=O)(=O)OCc2c([N+](=O)[O-])ccc(OC(=O)C(=O)Oc3ccc([N+](=O)[O-])cc3[N+](=O)[O-])c2[N+](=O)[O-])=C2C=CC(=[N+](C)C)C=C2)cc1. The molecule has 25 nitrogen and oxygen atoms in total. The van der Waals surface area contributed by atoms with Crippen molar-refractivity contribution in [3.05, 3.63) is 190 Å². The summed E-state index contributed by atoms with van der Waals surface area (Å²) in [5.41, 5.74) is 4.40. The maximum absolute atomic E-state index is 14.4. The molecule has 26 heteroatoms. The zero-order chi connectivity index (χ0) is 53.9. The van der Waals surface area contributed by atoms with E-state index in [2.05, 4.69) is 10.2 Å². The number of nitro groups is 4. The summed E-state index contributed by atoms with van der Waals surface area (Å²) in [5.74, 6) is -5.64. The van der Waals surface area contributed by atoms with Gasteiger partial charge in [0.25, 0.3) is 21.5 Å². The van der Waals surface area contributed by atoms with Gasteiger partial charge in [0.05, 0.1) is 37.1 Å². The van der Waals surface area contributed by atoms with Crippen molar-refractivity contribution < 1.29 is 60.7 Å². The van der Waals surface area contributed by atoms with Crippen molar-refractivity contribution in [1.29, 1.82) is 0 Å². The van der Waals surface area contributed by atoms with Crippen molar-refractivity contribution in [1.82, 2.24) is 0 Å². The van der Waals surface area contributed by atoms with Crippen LogP contribution < -0.4 is 24.8 Å². The Kier molecular flexibility index (Phi) is 17.1. The first-order valence-electron chi connectivity index (χ1n) is 21.5. The number of nitrogens with zero attached hydrogens (tertiary/aromatic N) is 8. The van der Waals surface area contributed by atoms with Crippen molar-refractivity contribution in [2.45, 2.75) is 11.5 Å². The normalized spacial score (nSPS) is 12.2. The molecule has 0 amide bonds. The van der Waals surface area contributed by atoms with E-state index in [9.17, 15) is 58.5 Å². The number of non-ortho nitro benzene ring substituents is 1. The predicted octanol–water partition coefficient (Wildman–Crippen LogP) is 7.86. The summed E-state index contributed by atoms with van der Waals surface area (Å²) in [7, 11) is 2.41. The van der Waals surface area contributed by atoms with Gasteiger partial charge >= 0.3 is 23.3 Å². The topological polar surface area (TPSA) is 335 Å². The van der Waals surface area contributed by atoms with Crippen LogP contribution in [-0.4, -0.2) is 91.7 Å². The number of azo groups is 1. The Balaban J connectivity index is 1.40. The molecule has 0 fully saturated rings. The van der Waals surface area contributed by atoms with Crippen molar-refractivity contribution in [3.8, 4) is 17.2 Å². The number of rotatable bonds is 19. The Hall–Kier alpha value is -9.66. The Labute approximate surface area is 419 Å². The predicted molar refractivity (Wildman–Crippen MR) is 266 cm³/mol. The van der Waals surface area contributed by atoms with Crippen molar-refractivity contribution in [2.75, 3.05) is 46.2 Å². The van der Waals surface area contributed by atoms with Gasteiger partial charge in [-0.1, -0.05) is 30.4 Å². The van der Waals surface area contributed by atoms with Crippen LogP contribution in [0.25, 0.3) is 11.6 Å². The minimum Gasteiger partial charge on any atom is -0.492 e. The highest BCUT2D eigenvalue weighted by molar-refractivity contribution is 7.86. The molecule has 1 aliphatic rings. The highest BCUT2D eigenvalue weighted by Crippen LogP contribution is 2.40. The minimum atomic E-state index is -5.13. The molecule has 0 heterocycles. The van der Waals surface area contributed by atoms with Gasteiger partial charge in [-0.15, -0.1) is 0 Å². The summed E-state index contributed by atoms with van der Waals surface area (Å²) in [5, 5.41) is 55.9. The molecule has 0 aliphatic heterocycles. The van der Waals surface area contributed by atoms with Crippen LogP contribution in [0.1, 0.15) is 16.7 Å². The van der Waals surface area contributed by atoms with E-state index in [1.807, 2.05) is 86.2 Å². The standard InChI is InChI=1S/C48H42N9O16S/c1-52(2)35-14-6-30(7-15-35)39(31-8-16-36(17-9-31)53(3)4)21-10-32-5-11-34(51-50-33-12-19-38(20-13-33)70-26-25-49)27-45(32)74(68,69)71-29-40-41(55(62)63)22-24-44(46(40)57(66)67)73-48(59)47(58)72-43-23-18-37(54(60)61)28-42(43)56(64)65/h5-24,27-28H,25-26,29,49H2,1-4H3/q+1. The summed E-state index contributed by atoms with van der Waals surface area (Å²) in [6.45, 7) is -0.874. The molecule has 0 aromatic heterocycles. The Bertz CT molecular complexity index is 3360. The van der Waals surface area contributed by atoms with Crippen LogP contribution in [0.15, 0.2) is 148 Å². The van der Waals surface area contributed by atoms with Crippen LogP contribution in [-0.2, 0) is 30.5 Å². The molecule has 0 atom stereocenters. The maximum atomic E-state index is 14.4. The molecule has 5 aromatic carbocycles. The van der Waals surface area contributed by atoms with E-state index in [0.29, 0.717) is 41.3 Å². The van der Waals surface area contributed by atoms with E-state index in [0.717, 1.165) is 34.7 Å². The Morgan fingerprint density at radius 3 is 1.89 bits per heavy atom. The lowest BCUT2D eigenvalue weighted by atomic mass is 9.95. The van der Waals surface area contributed by atoms with E-state index >= 15 is 0 Å². The van der Waals surface area contributed by atoms with Crippen molar-refractivity contribution >= 4 is 79.2 Å². The second-order valence-electron chi connectivity index (χ2n) is 15.8. The lowest BCUT2D eigenvalue weighted by Gasteiger charge is -2.15. The monoisotopic (exact) mass is 1030 g/mol. The maximum Gasteiger partial charge on any atom is 0.423 e. The highest BCUT2D eigenvalue weighted by atomic mass is 32.2. The third-order valence-corrected chi connectivity index (χ3v) is 11.8. The van der Waals surface area contributed by atoms with Crippen molar-refractivity contribution in [2.24, 2.45) is 16.0 Å². The molecule has 5 aromatic rings. The van der Waals surface area contributed by atoms with E-state index in [4.69, 9.17) is 24.1 Å². The molecule has 1 aliphatic carbocycles. The molecule has 0 unspecified atom stereocenters. The summed E-state index contributed by atoms with van der Waals surface area (Å²) in [6.07, 6.45) is 10.7. The first kappa shape index (κ1) is 53.7. The number of hydrogen-bond donors (Lipinski definition) is 1. The molecule has 380 valence electrons. The molecule has 0 saturated heterocycles. The fraction of sp³-hybridized carbons (Fsp3) is 0.146. The van der Waals surface area contributed by atoms with Crippen LogP contribution in [0.2, 0.25) is 0 Å². The number of esters is 2. The third-order valence-electron chi connectivity index (χ3n) is 10.5. The molecule has 0 radical (unpaired) electrons. The zero-order valence-corrected chi connectivity index (χ0v) is 40.2. The molecule has 0 bridgehead atoms. The van der Waals surface area contributed by atoms with E-state index < -0.39 is 93.1 Å². The summed E-state index contributed by atoms with van der Waals surface area (Å²) in [6, 6.07) is 20.9. The first-order chi connectivity index (χ1) is 35.2. The average Bonchev–Trinajstić information content (AvgIpc) is 3.37. The van der Waals surface area contributed by atoms with Gasteiger partial charge in [0.1, 0.15) is 43.5 Å². The fourth-order valence-electron chi connectivity index (χ4n) is 6.78. The number of hydrogen-bond acceptors (Lipinski definition) is 20. The lowest BCUT2D eigenvalue weighted by molar-refractivity contribution is -0.462. The van der Waals surface area contributed by atoms with Crippen molar-refractivity contribution in [3.63, 3.8) is 0 Å². The molecule has 2 N–H and O–H groups in total. The van der Waals surface area contributed by atoms with Crippen LogP contribution in [0.4, 0.5) is 39.8 Å². The van der Waals surface area contributed by atoms with Crippen LogP contribution in [0, 0.1) is 40.5 Å². The van der Waals surface area contributed by atoms with Gasteiger partial charge in [0, 0.05) is 50.6 Å². The Morgan fingerprint density at radius 1 is 0.703 bits per heavy atom. The number of nitro benzene ring substituents is 4. The van der Waals surface area contributed by atoms with Gasteiger partial charge in [-0.05, 0) is 95.1 Å². The second kappa shape index (κ2) is 23.5. The van der Waals surface area contributed by atoms with Crippen LogP contribution >= 0.6 is 0 Å². The highest BCUT2D eigenvalue weighted by Gasteiger charge is 2.35.